The van der Waals surface area contributed by atoms with Crippen LogP contribution in [0.3, 0.4) is 0 Å². The number of methoxy groups -OCH3 is 1. The zero-order valence-electron chi connectivity index (χ0n) is 16.4. The predicted molar refractivity (Wildman–Crippen MR) is 114 cm³/mol. The highest BCUT2D eigenvalue weighted by Crippen LogP contribution is 2.37. The van der Waals surface area contributed by atoms with E-state index in [9.17, 15) is 9.59 Å². The van der Waals surface area contributed by atoms with Crippen molar-refractivity contribution in [3.63, 3.8) is 0 Å². The molecule has 0 radical (unpaired) electrons. The SMILES string of the molecule is COc1ccc2c(c1)c(N1CCCC1=O)c(C(=O)NCc1cccc(Cl)c1)n2C. The molecule has 4 rings (SSSR count). The Balaban J connectivity index is 1.76. The van der Waals surface area contributed by atoms with Crippen molar-refractivity contribution in [3.8, 4) is 5.75 Å². The molecule has 0 saturated carbocycles. The Kier molecular flexibility index (Phi) is 5.20. The standard InChI is InChI=1S/C22H22ClN3O3/c1-25-18-9-8-16(29-2)12-17(18)20(26-10-4-7-19(26)27)21(25)22(28)24-13-14-5-3-6-15(23)11-14/h3,5-6,8-9,11-12H,4,7,10,13H2,1-2H3,(H,24,28). The van der Waals surface area contributed by atoms with Crippen LogP contribution in [0.15, 0.2) is 42.5 Å². The monoisotopic (exact) mass is 411 g/mol. The molecule has 0 bridgehead atoms. The largest absolute Gasteiger partial charge is 0.497 e. The summed E-state index contributed by atoms with van der Waals surface area (Å²) >= 11 is 6.04. The summed E-state index contributed by atoms with van der Waals surface area (Å²) in [6.45, 7) is 0.946. The van der Waals surface area contributed by atoms with Crippen molar-refractivity contribution in [3.05, 3.63) is 58.7 Å². The molecular formula is C22H22ClN3O3. The molecule has 1 aromatic heterocycles. The van der Waals surface area contributed by atoms with E-state index in [1.807, 2.05) is 48.0 Å². The van der Waals surface area contributed by atoms with Gasteiger partial charge in [0.1, 0.15) is 11.4 Å². The molecule has 1 aliphatic rings. The van der Waals surface area contributed by atoms with Crippen LogP contribution in [0.4, 0.5) is 5.69 Å². The van der Waals surface area contributed by atoms with Gasteiger partial charge in [-0.1, -0.05) is 23.7 Å². The van der Waals surface area contributed by atoms with Gasteiger partial charge in [0.05, 0.1) is 18.3 Å². The minimum atomic E-state index is -0.239. The first-order valence-corrected chi connectivity index (χ1v) is 9.87. The van der Waals surface area contributed by atoms with E-state index in [0.717, 1.165) is 22.9 Å². The minimum absolute atomic E-state index is 0.0317. The highest BCUT2D eigenvalue weighted by Gasteiger charge is 2.31. The molecule has 150 valence electrons. The number of carbonyl (C=O) groups excluding carboxylic acids is 2. The van der Waals surface area contributed by atoms with Gasteiger partial charge in [-0.3, -0.25) is 9.59 Å². The second kappa shape index (κ2) is 7.79. The second-order valence-corrected chi connectivity index (χ2v) is 7.54. The Bertz CT molecular complexity index is 1110. The van der Waals surface area contributed by atoms with Gasteiger partial charge in [-0.25, -0.2) is 0 Å². The lowest BCUT2D eigenvalue weighted by Crippen LogP contribution is -2.30. The number of benzene rings is 2. The molecule has 2 heterocycles. The van der Waals surface area contributed by atoms with E-state index in [0.29, 0.717) is 41.7 Å². The lowest BCUT2D eigenvalue weighted by molar-refractivity contribution is -0.117. The summed E-state index contributed by atoms with van der Waals surface area (Å²) in [4.78, 5) is 27.4. The fourth-order valence-corrected chi connectivity index (χ4v) is 4.07. The van der Waals surface area contributed by atoms with Crippen LogP contribution in [0.1, 0.15) is 28.9 Å². The van der Waals surface area contributed by atoms with Crippen LogP contribution in [0, 0.1) is 0 Å². The Morgan fingerprint density at radius 2 is 2.07 bits per heavy atom. The maximum absolute atomic E-state index is 13.2. The average molecular weight is 412 g/mol. The van der Waals surface area contributed by atoms with E-state index in [2.05, 4.69) is 5.32 Å². The Morgan fingerprint density at radius 1 is 1.24 bits per heavy atom. The van der Waals surface area contributed by atoms with Crippen molar-refractivity contribution in [2.75, 3.05) is 18.6 Å². The van der Waals surface area contributed by atoms with Crippen molar-refractivity contribution in [1.29, 1.82) is 0 Å². The molecule has 0 unspecified atom stereocenters. The molecule has 1 fully saturated rings. The number of ether oxygens (including phenoxy) is 1. The third kappa shape index (κ3) is 3.56. The molecule has 2 aromatic carbocycles. The number of carbonyl (C=O) groups is 2. The van der Waals surface area contributed by atoms with E-state index < -0.39 is 0 Å². The normalized spacial score (nSPS) is 13.9. The Labute approximate surface area is 174 Å². The first-order chi connectivity index (χ1) is 14.0. The van der Waals surface area contributed by atoms with Crippen molar-refractivity contribution in [2.24, 2.45) is 7.05 Å². The summed E-state index contributed by atoms with van der Waals surface area (Å²) in [5.41, 5.74) is 2.89. The number of hydrogen-bond acceptors (Lipinski definition) is 3. The molecule has 1 aliphatic heterocycles. The van der Waals surface area contributed by atoms with Gasteiger partial charge in [-0.2, -0.15) is 0 Å². The summed E-state index contributed by atoms with van der Waals surface area (Å²) in [6.07, 6.45) is 1.27. The molecule has 1 N–H and O–H groups in total. The van der Waals surface area contributed by atoms with Crippen molar-refractivity contribution >= 4 is 40.0 Å². The number of fused-ring (bicyclic) bond motifs is 1. The molecule has 2 amide bonds. The van der Waals surface area contributed by atoms with Crippen LogP contribution in [-0.2, 0) is 18.4 Å². The number of anilines is 1. The third-order valence-electron chi connectivity index (χ3n) is 5.28. The smallest absolute Gasteiger partial charge is 0.270 e. The van der Waals surface area contributed by atoms with Crippen molar-refractivity contribution < 1.29 is 14.3 Å². The molecule has 0 aliphatic carbocycles. The Hall–Kier alpha value is -2.99. The third-order valence-corrected chi connectivity index (χ3v) is 5.52. The molecule has 6 nitrogen and oxygen atoms in total. The van der Waals surface area contributed by atoms with Crippen LogP contribution < -0.4 is 15.0 Å². The van der Waals surface area contributed by atoms with E-state index in [4.69, 9.17) is 16.3 Å². The van der Waals surface area contributed by atoms with Crippen LogP contribution in [0.5, 0.6) is 5.75 Å². The van der Waals surface area contributed by atoms with Gasteiger partial charge in [0.15, 0.2) is 0 Å². The van der Waals surface area contributed by atoms with E-state index in [1.165, 1.54) is 0 Å². The fraction of sp³-hybridized carbons (Fsp3) is 0.273. The van der Waals surface area contributed by atoms with E-state index in [-0.39, 0.29) is 11.8 Å². The summed E-state index contributed by atoms with van der Waals surface area (Å²) in [7, 11) is 3.44. The zero-order valence-corrected chi connectivity index (χ0v) is 17.1. The zero-order chi connectivity index (χ0) is 20.5. The Morgan fingerprint density at radius 3 is 2.76 bits per heavy atom. The van der Waals surface area contributed by atoms with E-state index in [1.54, 1.807) is 18.1 Å². The first kappa shape index (κ1) is 19.3. The summed E-state index contributed by atoms with van der Waals surface area (Å²) < 4.78 is 7.20. The predicted octanol–water partition coefficient (Wildman–Crippen LogP) is 3.90. The average Bonchev–Trinajstić information content (AvgIpc) is 3.26. The number of halogens is 1. The van der Waals surface area contributed by atoms with Gasteiger partial charge in [-0.05, 0) is 42.3 Å². The highest BCUT2D eigenvalue weighted by molar-refractivity contribution is 6.30. The topological polar surface area (TPSA) is 63.6 Å². The van der Waals surface area contributed by atoms with Crippen LogP contribution in [0.2, 0.25) is 5.02 Å². The highest BCUT2D eigenvalue weighted by atomic mass is 35.5. The molecule has 29 heavy (non-hydrogen) atoms. The summed E-state index contributed by atoms with van der Waals surface area (Å²) in [5.74, 6) is 0.475. The molecule has 1 saturated heterocycles. The minimum Gasteiger partial charge on any atom is -0.497 e. The second-order valence-electron chi connectivity index (χ2n) is 7.10. The lowest BCUT2D eigenvalue weighted by Gasteiger charge is -2.18. The fourth-order valence-electron chi connectivity index (χ4n) is 3.86. The maximum atomic E-state index is 13.2. The van der Waals surface area contributed by atoms with Gasteiger partial charge in [-0.15, -0.1) is 0 Å². The van der Waals surface area contributed by atoms with Gasteiger partial charge in [0, 0.05) is 37.0 Å². The number of nitrogens with zero attached hydrogens (tertiary/aromatic N) is 2. The number of aromatic nitrogens is 1. The first-order valence-electron chi connectivity index (χ1n) is 9.49. The van der Waals surface area contributed by atoms with Crippen LogP contribution >= 0.6 is 11.6 Å². The number of nitrogens with one attached hydrogen (secondary N) is 1. The van der Waals surface area contributed by atoms with Crippen LogP contribution in [-0.4, -0.2) is 30.0 Å². The number of rotatable bonds is 5. The van der Waals surface area contributed by atoms with Gasteiger partial charge < -0.3 is 19.5 Å². The number of aryl methyl sites for hydroxylation is 1. The molecule has 3 aromatic rings. The summed E-state index contributed by atoms with van der Waals surface area (Å²) in [6, 6.07) is 13.0. The van der Waals surface area contributed by atoms with E-state index >= 15 is 0 Å². The molecule has 0 spiro atoms. The van der Waals surface area contributed by atoms with Crippen molar-refractivity contribution in [1.82, 2.24) is 9.88 Å². The van der Waals surface area contributed by atoms with Gasteiger partial charge in [0.25, 0.3) is 5.91 Å². The number of hydrogen-bond donors (Lipinski definition) is 1. The maximum Gasteiger partial charge on any atom is 0.270 e. The van der Waals surface area contributed by atoms with Gasteiger partial charge in [0.2, 0.25) is 5.91 Å². The van der Waals surface area contributed by atoms with Crippen molar-refractivity contribution in [2.45, 2.75) is 19.4 Å². The van der Waals surface area contributed by atoms with Crippen LogP contribution in [0.25, 0.3) is 10.9 Å². The number of amides is 2. The molecule has 7 heteroatoms. The lowest BCUT2D eigenvalue weighted by atomic mass is 10.2. The molecular weight excluding hydrogens is 390 g/mol. The van der Waals surface area contributed by atoms with Gasteiger partial charge >= 0.3 is 0 Å². The summed E-state index contributed by atoms with van der Waals surface area (Å²) in [5, 5.41) is 4.41. The quantitative estimate of drug-likeness (QED) is 0.692. The molecule has 0 atom stereocenters.